The molecule has 0 saturated heterocycles. The number of amides is 2. The molecule has 3 atom stereocenters. The maximum absolute atomic E-state index is 12.9. The Kier molecular flexibility index (Phi) is 7.09. The van der Waals surface area contributed by atoms with Gasteiger partial charge in [0.15, 0.2) is 0 Å². The highest BCUT2D eigenvalue weighted by molar-refractivity contribution is 5.95. The minimum atomic E-state index is -0.484. The van der Waals surface area contributed by atoms with Gasteiger partial charge in [-0.3, -0.25) is 19.8 Å². The van der Waals surface area contributed by atoms with E-state index in [1.165, 1.54) is 0 Å². The van der Waals surface area contributed by atoms with E-state index in [0.29, 0.717) is 24.3 Å². The van der Waals surface area contributed by atoms with Crippen LogP contribution in [0.4, 0.5) is 0 Å². The maximum Gasteiger partial charge on any atom is 0.251 e. The number of ether oxygens (including phenoxy) is 1. The summed E-state index contributed by atoms with van der Waals surface area (Å²) in [6, 6.07) is 16.5. The number of nitrogens with zero attached hydrogens (tertiary/aromatic N) is 2. The average molecular weight is 463 g/mol. The van der Waals surface area contributed by atoms with Crippen molar-refractivity contribution in [2.45, 2.75) is 38.5 Å². The number of rotatable bonds is 7. The first kappa shape index (κ1) is 23.7. The van der Waals surface area contributed by atoms with Crippen LogP contribution in [0.15, 0.2) is 54.6 Å². The van der Waals surface area contributed by atoms with Gasteiger partial charge in [-0.25, -0.2) is 5.48 Å². The van der Waals surface area contributed by atoms with Crippen LogP contribution >= 0.6 is 0 Å². The first-order chi connectivity index (χ1) is 16.4. The molecule has 2 aromatic carbocycles. The molecule has 0 radical (unpaired) electrons. The zero-order valence-electron chi connectivity index (χ0n) is 19.6. The Balaban J connectivity index is 1.43. The van der Waals surface area contributed by atoms with Gasteiger partial charge in [-0.2, -0.15) is 0 Å². The number of para-hydroxylation sites is 1. The molecule has 0 spiro atoms. The number of aromatic nitrogens is 1. The molecule has 4 rings (SSSR count). The maximum atomic E-state index is 12.9. The van der Waals surface area contributed by atoms with Crippen molar-refractivity contribution in [1.82, 2.24) is 20.7 Å². The number of likely N-dealkylation sites (N-methyl/N-ethyl adjacent to an activating group) is 1. The van der Waals surface area contributed by atoms with Gasteiger partial charge in [-0.1, -0.05) is 18.2 Å². The summed E-state index contributed by atoms with van der Waals surface area (Å²) in [4.78, 5) is 31.6. The topological polar surface area (TPSA) is 104 Å². The monoisotopic (exact) mass is 462 g/mol. The third-order valence-corrected chi connectivity index (χ3v) is 6.47. The molecule has 2 amide bonds. The van der Waals surface area contributed by atoms with Crippen molar-refractivity contribution in [2.75, 3.05) is 14.1 Å². The first-order valence-electron chi connectivity index (χ1n) is 11.4. The number of hydrogen-bond acceptors (Lipinski definition) is 6. The minimum Gasteiger partial charge on any atom is -0.489 e. The number of carbonyl (C=O) groups excluding carboxylic acids is 2. The molecule has 1 aliphatic rings. The summed E-state index contributed by atoms with van der Waals surface area (Å²) < 4.78 is 5.99. The Labute approximate surface area is 198 Å². The zero-order valence-corrected chi connectivity index (χ0v) is 19.6. The zero-order chi connectivity index (χ0) is 24.2. The highest BCUT2D eigenvalue weighted by Crippen LogP contribution is 2.29. The quantitative estimate of drug-likeness (QED) is 0.368. The molecule has 0 bridgehead atoms. The molecule has 1 saturated carbocycles. The van der Waals surface area contributed by atoms with E-state index >= 15 is 0 Å². The number of pyridine rings is 1. The molecular formula is C26H30N4O4. The van der Waals surface area contributed by atoms with E-state index < -0.39 is 17.9 Å². The van der Waals surface area contributed by atoms with E-state index in [2.05, 4.69) is 10.3 Å². The van der Waals surface area contributed by atoms with Gasteiger partial charge in [0.1, 0.15) is 12.4 Å². The Bertz CT molecular complexity index is 1180. The summed E-state index contributed by atoms with van der Waals surface area (Å²) in [6.07, 6.45) is 1.35. The molecule has 0 aliphatic heterocycles. The minimum absolute atomic E-state index is 0.00694. The summed E-state index contributed by atoms with van der Waals surface area (Å²) in [6.45, 7) is 2.35. The average Bonchev–Trinajstić information content (AvgIpc) is 3.26. The second-order valence-electron chi connectivity index (χ2n) is 8.94. The van der Waals surface area contributed by atoms with Gasteiger partial charge < -0.3 is 15.0 Å². The number of aryl methyl sites for hydroxylation is 1. The van der Waals surface area contributed by atoms with E-state index in [-0.39, 0.29) is 11.9 Å². The predicted molar refractivity (Wildman–Crippen MR) is 129 cm³/mol. The lowest BCUT2D eigenvalue weighted by Crippen LogP contribution is -2.52. The fraction of sp³-hybridized carbons (Fsp3) is 0.346. The van der Waals surface area contributed by atoms with Crippen molar-refractivity contribution in [3.63, 3.8) is 0 Å². The molecule has 3 N–H and O–H groups in total. The second kappa shape index (κ2) is 10.2. The van der Waals surface area contributed by atoms with Crippen molar-refractivity contribution in [1.29, 1.82) is 0 Å². The fourth-order valence-corrected chi connectivity index (χ4v) is 4.74. The van der Waals surface area contributed by atoms with Gasteiger partial charge in [0.05, 0.1) is 17.5 Å². The molecule has 1 fully saturated rings. The SMILES string of the molecule is Cc1cc(COc2ccc(C(=O)NC3C(C(=O)NO)CCC3N(C)C)cc2)c2ccccc2n1. The highest BCUT2D eigenvalue weighted by Gasteiger charge is 2.42. The van der Waals surface area contributed by atoms with Crippen LogP contribution in [-0.4, -0.2) is 53.1 Å². The molecule has 34 heavy (non-hydrogen) atoms. The van der Waals surface area contributed by atoms with Crippen molar-refractivity contribution < 1.29 is 19.5 Å². The third kappa shape index (κ3) is 5.03. The van der Waals surface area contributed by atoms with E-state index in [1.807, 2.05) is 56.3 Å². The van der Waals surface area contributed by atoms with Crippen LogP contribution in [0.1, 0.15) is 34.5 Å². The van der Waals surface area contributed by atoms with E-state index in [0.717, 1.165) is 28.6 Å². The van der Waals surface area contributed by atoms with Gasteiger partial charge in [-0.05, 0) is 70.3 Å². The van der Waals surface area contributed by atoms with E-state index in [9.17, 15) is 9.59 Å². The van der Waals surface area contributed by atoms with Crippen LogP contribution in [0.5, 0.6) is 5.75 Å². The highest BCUT2D eigenvalue weighted by atomic mass is 16.5. The molecule has 8 nitrogen and oxygen atoms in total. The van der Waals surface area contributed by atoms with Crippen molar-refractivity contribution >= 4 is 22.7 Å². The number of carbonyl (C=O) groups is 2. The van der Waals surface area contributed by atoms with Crippen LogP contribution in [-0.2, 0) is 11.4 Å². The predicted octanol–water partition coefficient (Wildman–Crippen LogP) is 3.07. The van der Waals surface area contributed by atoms with Gasteiger partial charge in [-0.15, -0.1) is 0 Å². The molecule has 1 aliphatic carbocycles. The number of nitrogens with one attached hydrogen (secondary N) is 2. The summed E-state index contributed by atoms with van der Waals surface area (Å²) in [5.41, 5.74) is 5.12. The van der Waals surface area contributed by atoms with Crippen molar-refractivity contribution in [3.8, 4) is 5.75 Å². The Morgan fingerprint density at radius 1 is 1.12 bits per heavy atom. The smallest absolute Gasteiger partial charge is 0.251 e. The summed E-state index contributed by atoms with van der Waals surface area (Å²) in [5.74, 6) is -0.573. The second-order valence-corrected chi connectivity index (χ2v) is 8.94. The van der Waals surface area contributed by atoms with Crippen LogP contribution in [0.2, 0.25) is 0 Å². The van der Waals surface area contributed by atoms with Crippen molar-refractivity contribution in [2.24, 2.45) is 5.92 Å². The lowest BCUT2D eigenvalue weighted by Gasteiger charge is -2.29. The molecule has 3 aromatic rings. The summed E-state index contributed by atoms with van der Waals surface area (Å²) >= 11 is 0. The van der Waals surface area contributed by atoms with E-state index in [1.54, 1.807) is 29.7 Å². The number of benzene rings is 2. The summed E-state index contributed by atoms with van der Waals surface area (Å²) in [7, 11) is 3.84. The molecule has 1 aromatic heterocycles. The van der Waals surface area contributed by atoms with Gasteiger partial charge in [0.25, 0.3) is 5.91 Å². The number of hydroxylamine groups is 1. The van der Waals surface area contributed by atoms with Crippen LogP contribution in [0.25, 0.3) is 10.9 Å². The third-order valence-electron chi connectivity index (χ3n) is 6.47. The Morgan fingerprint density at radius 3 is 2.56 bits per heavy atom. The standard InChI is InChI=1S/C26H30N4O4/c1-16-14-18(20-6-4-5-7-22(20)27-16)15-34-19-10-8-17(9-11-19)25(31)28-24-21(26(32)29-33)12-13-23(24)30(2)3/h4-11,14,21,23-24,33H,12-13,15H2,1-3H3,(H,28,31)(H,29,32). The van der Waals surface area contributed by atoms with Crippen molar-refractivity contribution in [3.05, 3.63) is 71.4 Å². The number of hydrogen-bond donors (Lipinski definition) is 3. The molecule has 1 heterocycles. The molecular weight excluding hydrogens is 432 g/mol. The number of fused-ring (bicyclic) bond motifs is 1. The fourth-order valence-electron chi connectivity index (χ4n) is 4.74. The molecule has 8 heteroatoms. The summed E-state index contributed by atoms with van der Waals surface area (Å²) in [5, 5.41) is 13.1. The molecule has 178 valence electrons. The lowest BCUT2D eigenvalue weighted by atomic mass is 10.00. The van der Waals surface area contributed by atoms with Gasteiger partial charge in [0.2, 0.25) is 5.91 Å². The molecule has 3 unspecified atom stereocenters. The Morgan fingerprint density at radius 2 is 1.85 bits per heavy atom. The van der Waals surface area contributed by atoms with Crippen LogP contribution in [0, 0.1) is 12.8 Å². The lowest BCUT2D eigenvalue weighted by molar-refractivity contribution is -0.133. The largest absolute Gasteiger partial charge is 0.489 e. The Hall–Kier alpha value is -3.49. The van der Waals surface area contributed by atoms with Gasteiger partial charge in [0, 0.05) is 28.2 Å². The van der Waals surface area contributed by atoms with Crippen LogP contribution < -0.4 is 15.5 Å². The van der Waals surface area contributed by atoms with Gasteiger partial charge >= 0.3 is 0 Å². The first-order valence-corrected chi connectivity index (χ1v) is 11.4. The van der Waals surface area contributed by atoms with Crippen LogP contribution in [0.3, 0.4) is 0 Å². The normalized spacial score (nSPS) is 19.9. The van der Waals surface area contributed by atoms with E-state index in [4.69, 9.17) is 9.94 Å².